The summed E-state index contributed by atoms with van der Waals surface area (Å²) in [7, 11) is -0.974. The molecule has 2 heterocycles. The Morgan fingerprint density at radius 3 is 2.88 bits per heavy atom. The van der Waals surface area contributed by atoms with Gasteiger partial charge in [0.05, 0.1) is 42.6 Å². The maximum Gasteiger partial charge on any atom is 0.326 e. The number of hydrogen-bond donors (Lipinski definition) is 0. The number of esters is 1. The van der Waals surface area contributed by atoms with E-state index in [1.165, 1.54) is 6.26 Å². The first-order valence-electron chi connectivity index (χ1n) is 7.99. The minimum absolute atomic E-state index is 0.0953. The predicted octanol–water partition coefficient (Wildman–Crippen LogP) is 0.939. The molecule has 0 radical (unpaired) electrons. The van der Waals surface area contributed by atoms with Crippen molar-refractivity contribution >= 4 is 21.6 Å². The van der Waals surface area contributed by atoms with Crippen LogP contribution in [0.4, 0.5) is 0 Å². The summed E-state index contributed by atoms with van der Waals surface area (Å²) in [5.41, 5.74) is 1.92. The third-order valence-corrected chi connectivity index (χ3v) is 5.06. The van der Waals surface area contributed by atoms with Crippen LogP contribution in [-0.4, -0.2) is 59.8 Å². The lowest BCUT2D eigenvalue weighted by molar-refractivity contribution is -0.191. The first-order valence-corrected chi connectivity index (χ1v) is 10.1. The number of rotatable bonds is 6. The summed E-state index contributed by atoms with van der Waals surface area (Å²) in [6.07, 6.45) is 1.01. The van der Waals surface area contributed by atoms with Gasteiger partial charge in [0.15, 0.2) is 0 Å². The smallest absolute Gasteiger partial charge is 0.326 e. The van der Waals surface area contributed by atoms with Gasteiger partial charge < -0.3 is 9.47 Å². The molecule has 25 heavy (non-hydrogen) atoms. The largest absolute Gasteiger partial charge is 0.496 e. The van der Waals surface area contributed by atoms with Crippen molar-refractivity contribution in [2.75, 3.05) is 26.6 Å². The number of nitrogens with zero attached hydrogens (tertiary/aromatic N) is 1. The minimum atomic E-state index is -2.59. The molecule has 4 atom stereocenters. The van der Waals surface area contributed by atoms with Gasteiger partial charge in [0.2, 0.25) is 0 Å². The van der Waals surface area contributed by atoms with Crippen molar-refractivity contribution in [3.05, 3.63) is 29.3 Å². The fourth-order valence-electron chi connectivity index (χ4n) is 3.29. The molecule has 0 saturated carbocycles. The molecule has 0 aromatic heterocycles. The van der Waals surface area contributed by atoms with Gasteiger partial charge in [-0.25, -0.2) is 4.21 Å². The molecule has 2 unspecified atom stereocenters. The first-order chi connectivity index (χ1) is 11.8. The van der Waals surface area contributed by atoms with Crippen molar-refractivity contribution in [3.8, 4) is 5.75 Å². The van der Waals surface area contributed by atoms with Crippen molar-refractivity contribution in [2.24, 2.45) is 5.92 Å². The quantitative estimate of drug-likeness (QED) is 0.546. The van der Waals surface area contributed by atoms with E-state index in [0.29, 0.717) is 6.54 Å². The Morgan fingerprint density at radius 2 is 2.20 bits per heavy atom. The summed E-state index contributed by atoms with van der Waals surface area (Å²) in [4.78, 5) is 18.1. The van der Waals surface area contributed by atoms with Gasteiger partial charge in [0.1, 0.15) is 17.9 Å². The monoisotopic (exact) mass is 369 g/mol. The number of ether oxygens (including phenoxy) is 2. The van der Waals surface area contributed by atoms with Gasteiger partial charge in [-0.15, -0.1) is 0 Å². The predicted molar refractivity (Wildman–Crippen MR) is 93.5 cm³/mol. The van der Waals surface area contributed by atoms with Gasteiger partial charge in [-0.1, -0.05) is 18.2 Å². The fourth-order valence-corrected chi connectivity index (χ4v) is 3.71. The molecule has 2 aliphatic rings. The zero-order valence-corrected chi connectivity index (χ0v) is 15.4. The topological polar surface area (TPSA) is 74.3 Å². The molecule has 0 amide bonds. The lowest BCUT2D eigenvalue weighted by Gasteiger charge is -2.22. The van der Waals surface area contributed by atoms with E-state index >= 15 is 0 Å². The van der Waals surface area contributed by atoms with Gasteiger partial charge in [-0.3, -0.25) is 13.8 Å². The molecule has 8 heteroatoms. The number of aryl methyl sites for hydroxylation is 1. The number of hydroxylamine groups is 2. The third kappa shape index (κ3) is 3.82. The molecule has 1 aromatic rings. The highest BCUT2D eigenvalue weighted by atomic mass is 32.2. The van der Waals surface area contributed by atoms with E-state index in [0.717, 1.165) is 16.9 Å². The number of fused-ring (bicyclic) bond motifs is 1. The number of benzene rings is 1. The molecule has 0 aliphatic carbocycles. The van der Waals surface area contributed by atoms with Crippen LogP contribution in [-0.2, 0) is 34.9 Å². The zero-order chi connectivity index (χ0) is 18.2. The molecular weight excluding hydrogens is 346 g/mol. The fraction of sp³-hybridized carbons (Fsp3) is 0.529. The van der Waals surface area contributed by atoms with E-state index in [-0.39, 0.29) is 25.1 Å². The highest BCUT2D eigenvalue weighted by Gasteiger charge is 2.53. The van der Waals surface area contributed by atoms with Crippen LogP contribution >= 0.6 is 0 Å². The van der Waals surface area contributed by atoms with Gasteiger partial charge in [-0.05, 0) is 18.4 Å². The highest BCUT2D eigenvalue weighted by Crippen LogP contribution is 2.36. The Balaban J connectivity index is 1.79. The summed E-state index contributed by atoms with van der Waals surface area (Å²) in [6, 6.07) is 5.33. The van der Waals surface area contributed by atoms with Crippen LogP contribution in [0.3, 0.4) is 0 Å². The number of hydrogen-bond acceptors (Lipinski definition) is 7. The molecule has 0 spiro atoms. The second-order valence-electron chi connectivity index (χ2n) is 6.44. The number of methoxy groups -OCH3 is 1. The summed E-state index contributed by atoms with van der Waals surface area (Å²) < 4.78 is 27.6. The second kappa shape index (κ2) is 6.95. The van der Waals surface area contributed by atoms with Crippen LogP contribution in [0.2, 0.25) is 0 Å². The van der Waals surface area contributed by atoms with E-state index < -0.39 is 21.9 Å². The van der Waals surface area contributed by atoms with Crippen molar-refractivity contribution in [2.45, 2.75) is 25.6 Å². The van der Waals surface area contributed by atoms with E-state index in [2.05, 4.69) is 5.87 Å². The van der Waals surface area contributed by atoms with E-state index in [1.807, 2.05) is 25.1 Å². The lowest BCUT2D eigenvalue weighted by atomic mass is 9.98. The molecule has 7 nitrogen and oxygen atoms in total. The van der Waals surface area contributed by atoms with Crippen LogP contribution in [0.5, 0.6) is 5.75 Å². The van der Waals surface area contributed by atoms with Crippen LogP contribution in [0, 0.1) is 12.8 Å². The summed E-state index contributed by atoms with van der Waals surface area (Å²) >= 11 is 0. The van der Waals surface area contributed by atoms with Crippen LogP contribution < -0.4 is 4.74 Å². The van der Waals surface area contributed by atoms with Crippen molar-refractivity contribution < 1.29 is 27.5 Å². The molecular formula is C17H23NO6S. The molecule has 3 rings (SSSR count). The molecule has 1 aromatic carbocycles. The maximum absolute atomic E-state index is 12.1. The van der Waals surface area contributed by atoms with E-state index in [9.17, 15) is 9.00 Å². The SMILES string of the molecule is C=S(C)(=O)OCC1ON(Cc2cccc(C)c2OC)[C@@H]2C(=O)OC[C@H]12. The molecule has 138 valence electrons. The maximum atomic E-state index is 12.1. The zero-order valence-electron chi connectivity index (χ0n) is 14.6. The number of carbonyl (C=O) groups excluding carboxylic acids is 1. The number of cyclic esters (lactones) is 1. The molecule has 0 bridgehead atoms. The van der Waals surface area contributed by atoms with Crippen LogP contribution in [0.15, 0.2) is 18.2 Å². The van der Waals surface area contributed by atoms with Gasteiger partial charge in [-0.2, -0.15) is 5.06 Å². The highest BCUT2D eigenvalue weighted by molar-refractivity contribution is 7.95. The van der Waals surface area contributed by atoms with Crippen molar-refractivity contribution in [1.29, 1.82) is 0 Å². The summed E-state index contributed by atoms with van der Waals surface area (Å²) in [5, 5.41) is 1.62. The molecule has 2 fully saturated rings. The second-order valence-corrected chi connectivity index (χ2v) is 8.52. The number of carbonyl (C=O) groups is 1. The molecule has 0 N–H and O–H groups in total. The van der Waals surface area contributed by atoms with Crippen LogP contribution in [0.1, 0.15) is 11.1 Å². The Bertz CT molecular complexity index is 762. The average Bonchev–Trinajstić information content (AvgIpc) is 3.07. The normalized spacial score (nSPS) is 28.4. The van der Waals surface area contributed by atoms with Crippen LogP contribution in [0.25, 0.3) is 0 Å². The summed E-state index contributed by atoms with van der Waals surface area (Å²) in [5.74, 6) is 3.76. The minimum Gasteiger partial charge on any atom is -0.496 e. The standard InChI is InChI=1S/C17H23NO6S/c1-11-6-5-7-12(16(11)21-2)8-18-15-13(9-22-17(15)19)14(24-18)10-23-25(3,4)20/h5-7,13-15H,3,8-10H2,1-2,4H3/t13-,14?,15+,25?/m1/s1. The average molecular weight is 369 g/mol. The third-order valence-electron chi connectivity index (χ3n) is 4.43. The number of para-hydroxylation sites is 1. The molecule has 2 saturated heterocycles. The van der Waals surface area contributed by atoms with Gasteiger partial charge in [0.25, 0.3) is 0 Å². The van der Waals surface area contributed by atoms with Crippen molar-refractivity contribution in [1.82, 2.24) is 5.06 Å². The summed E-state index contributed by atoms with van der Waals surface area (Å²) in [6.45, 7) is 2.70. The van der Waals surface area contributed by atoms with Gasteiger partial charge in [0, 0.05) is 11.8 Å². The Kier molecular flexibility index (Phi) is 5.06. The first kappa shape index (κ1) is 18.2. The lowest BCUT2D eigenvalue weighted by Crippen LogP contribution is -2.35. The Hall–Kier alpha value is -1.61. The van der Waals surface area contributed by atoms with E-state index in [1.54, 1.807) is 12.2 Å². The molecule has 2 aliphatic heterocycles. The Labute approximate surface area is 148 Å². The Morgan fingerprint density at radius 1 is 1.44 bits per heavy atom. The van der Waals surface area contributed by atoms with Crippen molar-refractivity contribution in [3.63, 3.8) is 0 Å². The van der Waals surface area contributed by atoms with Gasteiger partial charge >= 0.3 is 5.97 Å². The van der Waals surface area contributed by atoms with E-state index in [4.69, 9.17) is 18.5 Å².